The van der Waals surface area contributed by atoms with Crippen LogP contribution in [-0.2, 0) is 4.79 Å². The highest BCUT2D eigenvalue weighted by Crippen LogP contribution is 2.27. The van der Waals surface area contributed by atoms with Crippen LogP contribution in [0.15, 0.2) is 0 Å². The molecule has 1 saturated heterocycles. The van der Waals surface area contributed by atoms with Gasteiger partial charge in [0.2, 0.25) is 0 Å². The van der Waals surface area contributed by atoms with Gasteiger partial charge in [0.1, 0.15) is 5.54 Å². The lowest BCUT2D eigenvalue weighted by Crippen LogP contribution is -2.57. The first-order chi connectivity index (χ1) is 8.12. The quantitative estimate of drug-likeness (QED) is 0.719. The van der Waals surface area contributed by atoms with Crippen LogP contribution in [0.3, 0.4) is 0 Å². The minimum absolute atomic E-state index is 0.596. The van der Waals surface area contributed by atoms with Gasteiger partial charge in [-0.1, -0.05) is 25.7 Å². The van der Waals surface area contributed by atoms with Gasteiger partial charge in [0.05, 0.1) is 0 Å². The summed E-state index contributed by atoms with van der Waals surface area (Å²) in [6.07, 6.45) is 9.13. The molecular formula is C13H24N2O2. The van der Waals surface area contributed by atoms with E-state index >= 15 is 0 Å². The Morgan fingerprint density at radius 3 is 2.12 bits per heavy atom. The molecule has 0 aromatic heterocycles. The van der Waals surface area contributed by atoms with Crippen LogP contribution in [0.25, 0.3) is 0 Å². The van der Waals surface area contributed by atoms with Crippen LogP contribution in [0.2, 0.25) is 0 Å². The molecular weight excluding hydrogens is 216 g/mol. The Balaban J connectivity index is 1.87. The summed E-state index contributed by atoms with van der Waals surface area (Å²) in [6, 6.07) is 0.677. The summed E-state index contributed by atoms with van der Waals surface area (Å²) in [7, 11) is 0. The van der Waals surface area contributed by atoms with Crippen molar-refractivity contribution in [2.24, 2.45) is 5.73 Å². The number of nitrogens with two attached hydrogens (primary N) is 1. The first-order valence-corrected chi connectivity index (χ1v) is 6.88. The first kappa shape index (κ1) is 12.8. The van der Waals surface area contributed by atoms with Crippen molar-refractivity contribution < 1.29 is 9.90 Å². The Morgan fingerprint density at radius 2 is 1.65 bits per heavy atom. The molecule has 0 aromatic rings. The Labute approximate surface area is 103 Å². The number of carboxylic acids is 1. The zero-order valence-corrected chi connectivity index (χ0v) is 10.5. The molecule has 2 aliphatic rings. The molecule has 0 unspecified atom stereocenters. The van der Waals surface area contributed by atoms with Crippen LogP contribution in [0.5, 0.6) is 0 Å². The van der Waals surface area contributed by atoms with Gasteiger partial charge < -0.3 is 15.7 Å². The number of likely N-dealkylation sites (tertiary alicyclic amines) is 1. The van der Waals surface area contributed by atoms with E-state index in [1.54, 1.807) is 0 Å². The summed E-state index contributed by atoms with van der Waals surface area (Å²) in [5, 5.41) is 9.10. The molecule has 0 amide bonds. The number of carboxylic acid groups (broad SMARTS) is 1. The predicted molar refractivity (Wildman–Crippen MR) is 66.9 cm³/mol. The van der Waals surface area contributed by atoms with Crippen molar-refractivity contribution in [2.75, 3.05) is 13.1 Å². The number of hydrogen-bond donors (Lipinski definition) is 2. The third kappa shape index (κ3) is 2.99. The lowest BCUT2D eigenvalue weighted by atomic mass is 9.87. The van der Waals surface area contributed by atoms with Crippen molar-refractivity contribution in [1.29, 1.82) is 0 Å². The Morgan fingerprint density at radius 1 is 1.12 bits per heavy atom. The summed E-state index contributed by atoms with van der Waals surface area (Å²) in [5.41, 5.74) is 4.93. The maximum atomic E-state index is 11.1. The molecule has 1 aliphatic carbocycles. The highest BCUT2D eigenvalue weighted by Gasteiger charge is 2.38. The molecule has 4 heteroatoms. The fourth-order valence-corrected chi connectivity index (χ4v) is 3.13. The van der Waals surface area contributed by atoms with Crippen molar-refractivity contribution in [3.05, 3.63) is 0 Å². The summed E-state index contributed by atoms with van der Waals surface area (Å²) < 4.78 is 0. The normalized spacial score (nSPS) is 27.6. The molecule has 0 bridgehead atoms. The number of rotatable bonds is 2. The molecule has 0 atom stereocenters. The fourth-order valence-electron chi connectivity index (χ4n) is 3.13. The molecule has 2 fully saturated rings. The molecule has 2 rings (SSSR count). The van der Waals surface area contributed by atoms with E-state index in [4.69, 9.17) is 10.8 Å². The minimum Gasteiger partial charge on any atom is -0.480 e. The molecule has 0 radical (unpaired) electrons. The predicted octanol–water partition coefficient (Wildman–Crippen LogP) is 1.59. The average Bonchev–Trinajstić information content (AvgIpc) is 2.58. The van der Waals surface area contributed by atoms with Gasteiger partial charge in [-0.05, 0) is 25.7 Å². The summed E-state index contributed by atoms with van der Waals surface area (Å²) >= 11 is 0. The maximum absolute atomic E-state index is 11.1. The molecule has 17 heavy (non-hydrogen) atoms. The molecule has 1 aliphatic heterocycles. The molecule has 98 valence electrons. The van der Waals surface area contributed by atoms with Gasteiger partial charge in [0.25, 0.3) is 0 Å². The van der Waals surface area contributed by atoms with Gasteiger partial charge in [-0.2, -0.15) is 0 Å². The number of piperidine rings is 1. The zero-order chi connectivity index (χ0) is 12.3. The topological polar surface area (TPSA) is 66.6 Å². The second kappa shape index (κ2) is 5.36. The van der Waals surface area contributed by atoms with Gasteiger partial charge in [0.15, 0.2) is 0 Å². The highest BCUT2D eigenvalue weighted by molar-refractivity contribution is 5.78. The van der Waals surface area contributed by atoms with Crippen molar-refractivity contribution >= 4 is 5.97 Å². The molecule has 0 spiro atoms. The van der Waals surface area contributed by atoms with E-state index in [0.29, 0.717) is 18.9 Å². The standard InChI is InChI=1S/C13H24N2O2/c14-13(12(16)17)7-9-15(10-8-13)11-5-3-1-2-4-6-11/h11H,1-10,14H2,(H,16,17). The second-order valence-corrected chi connectivity index (χ2v) is 5.64. The van der Waals surface area contributed by atoms with Gasteiger partial charge >= 0.3 is 5.97 Å². The van der Waals surface area contributed by atoms with Gasteiger partial charge in [0, 0.05) is 19.1 Å². The fraction of sp³-hybridized carbons (Fsp3) is 0.923. The van der Waals surface area contributed by atoms with Crippen LogP contribution >= 0.6 is 0 Å². The van der Waals surface area contributed by atoms with Gasteiger partial charge in [-0.15, -0.1) is 0 Å². The van der Waals surface area contributed by atoms with Crippen LogP contribution in [0.4, 0.5) is 0 Å². The monoisotopic (exact) mass is 240 g/mol. The average molecular weight is 240 g/mol. The van der Waals surface area contributed by atoms with Crippen molar-refractivity contribution in [3.8, 4) is 0 Å². The number of carbonyl (C=O) groups is 1. The summed E-state index contributed by atoms with van der Waals surface area (Å²) in [5.74, 6) is -0.835. The molecule has 1 heterocycles. The first-order valence-electron chi connectivity index (χ1n) is 6.88. The Hall–Kier alpha value is -0.610. The molecule has 0 aromatic carbocycles. The van der Waals surface area contributed by atoms with Gasteiger partial charge in [-0.25, -0.2) is 0 Å². The van der Waals surface area contributed by atoms with E-state index < -0.39 is 11.5 Å². The zero-order valence-electron chi connectivity index (χ0n) is 10.5. The summed E-state index contributed by atoms with van der Waals surface area (Å²) in [4.78, 5) is 13.5. The smallest absolute Gasteiger partial charge is 0.323 e. The van der Waals surface area contributed by atoms with E-state index in [-0.39, 0.29) is 0 Å². The van der Waals surface area contributed by atoms with E-state index in [9.17, 15) is 4.79 Å². The van der Waals surface area contributed by atoms with Crippen molar-refractivity contribution in [2.45, 2.75) is 62.9 Å². The maximum Gasteiger partial charge on any atom is 0.323 e. The number of aliphatic carboxylic acids is 1. The van der Waals surface area contributed by atoms with E-state index in [0.717, 1.165) is 13.1 Å². The number of nitrogens with zero attached hydrogens (tertiary/aromatic N) is 1. The molecule has 4 nitrogen and oxygen atoms in total. The Kier molecular flexibility index (Phi) is 4.05. The molecule has 1 saturated carbocycles. The second-order valence-electron chi connectivity index (χ2n) is 5.64. The highest BCUT2D eigenvalue weighted by atomic mass is 16.4. The van der Waals surface area contributed by atoms with E-state index in [1.165, 1.54) is 38.5 Å². The lowest BCUT2D eigenvalue weighted by Gasteiger charge is -2.40. The van der Waals surface area contributed by atoms with Gasteiger partial charge in [-0.3, -0.25) is 4.79 Å². The minimum atomic E-state index is -0.971. The largest absolute Gasteiger partial charge is 0.480 e. The third-order valence-electron chi connectivity index (χ3n) is 4.46. The lowest BCUT2D eigenvalue weighted by molar-refractivity contribution is -0.145. The van der Waals surface area contributed by atoms with Crippen molar-refractivity contribution in [3.63, 3.8) is 0 Å². The molecule has 3 N–H and O–H groups in total. The van der Waals surface area contributed by atoms with E-state index in [2.05, 4.69) is 4.90 Å². The SMILES string of the molecule is NC1(C(=O)O)CCN(C2CCCCCC2)CC1. The summed E-state index contributed by atoms with van der Waals surface area (Å²) in [6.45, 7) is 1.71. The third-order valence-corrected chi connectivity index (χ3v) is 4.46. The van der Waals surface area contributed by atoms with Crippen LogP contribution in [0, 0.1) is 0 Å². The number of hydrogen-bond acceptors (Lipinski definition) is 3. The van der Waals surface area contributed by atoms with Crippen LogP contribution in [0.1, 0.15) is 51.4 Å². The van der Waals surface area contributed by atoms with Crippen molar-refractivity contribution in [1.82, 2.24) is 4.90 Å². The Bertz CT molecular complexity index is 265. The van der Waals surface area contributed by atoms with E-state index in [1.807, 2.05) is 0 Å². The van der Waals surface area contributed by atoms with Crippen LogP contribution in [-0.4, -0.2) is 40.6 Å². The van der Waals surface area contributed by atoms with Crippen LogP contribution < -0.4 is 5.73 Å².